The van der Waals surface area contributed by atoms with Gasteiger partial charge in [-0.3, -0.25) is 4.90 Å². The highest BCUT2D eigenvalue weighted by Crippen LogP contribution is 2.24. The first-order valence-corrected chi connectivity index (χ1v) is 7.08. The van der Waals surface area contributed by atoms with Crippen LogP contribution in [0.15, 0.2) is 0 Å². The number of nitrogens with one attached hydrogen (secondary N) is 1. The molecule has 0 radical (unpaired) electrons. The maximum Gasteiger partial charge on any atom is 0.0221 e. The Morgan fingerprint density at radius 1 is 1.29 bits per heavy atom. The summed E-state index contributed by atoms with van der Waals surface area (Å²) in [5, 5.41) is 4.49. The van der Waals surface area contributed by atoms with Crippen LogP contribution < -0.4 is 5.32 Å². The van der Waals surface area contributed by atoms with Crippen LogP contribution in [0.25, 0.3) is 0 Å². The van der Waals surface area contributed by atoms with Crippen molar-refractivity contribution in [1.29, 1.82) is 0 Å². The molecule has 0 aromatic rings. The normalized spacial score (nSPS) is 40.3. The van der Waals surface area contributed by atoms with Crippen LogP contribution >= 0.6 is 11.8 Å². The molecule has 0 aromatic heterocycles. The van der Waals surface area contributed by atoms with Gasteiger partial charge in [-0.25, -0.2) is 0 Å². The van der Waals surface area contributed by atoms with Crippen molar-refractivity contribution in [3.8, 4) is 0 Å². The molecule has 0 amide bonds. The number of hydrogen-bond acceptors (Lipinski definition) is 3. The molecular weight excluding hydrogens is 192 g/mol. The monoisotopic (exact) mass is 214 g/mol. The van der Waals surface area contributed by atoms with Crippen molar-refractivity contribution in [1.82, 2.24) is 10.2 Å². The molecular formula is C11H22N2S. The molecule has 0 aliphatic carbocycles. The van der Waals surface area contributed by atoms with Gasteiger partial charge in [0.25, 0.3) is 0 Å². The molecule has 82 valence electrons. The highest BCUT2D eigenvalue weighted by atomic mass is 32.2. The van der Waals surface area contributed by atoms with E-state index < -0.39 is 0 Å². The number of likely N-dealkylation sites (tertiary alicyclic amines) is 1. The summed E-state index contributed by atoms with van der Waals surface area (Å²) in [7, 11) is 0. The fraction of sp³-hybridized carbons (Fsp3) is 1.00. The Labute approximate surface area is 91.8 Å². The SMILES string of the molecule is CSC1CCN(C2CCC(C)NC2)C1. The number of nitrogens with zero attached hydrogens (tertiary/aromatic N) is 1. The van der Waals surface area contributed by atoms with Crippen molar-refractivity contribution in [3.63, 3.8) is 0 Å². The third-order valence-corrected chi connectivity index (χ3v) is 4.71. The van der Waals surface area contributed by atoms with Crippen LogP contribution in [0.2, 0.25) is 0 Å². The van der Waals surface area contributed by atoms with Gasteiger partial charge in [-0.15, -0.1) is 0 Å². The van der Waals surface area contributed by atoms with E-state index in [2.05, 4.69) is 23.4 Å². The minimum Gasteiger partial charge on any atom is -0.313 e. The molecule has 3 atom stereocenters. The van der Waals surface area contributed by atoms with Crippen LogP contribution in [0.3, 0.4) is 0 Å². The van der Waals surface area contributed by atoms with Gasteiger partial charge in [-0.05, 0) is 39.0 Å². The lowest BCUT2D eigenvalue weighted by atomic mass is 10.0. The lowest BCUT2D eigenvalue weighted by Gasteiger charge is -2.34. The molecule has 2 rings (SSSR count). The molecule has 0 bridgehead atoms. The summed E-state index contributed by atoms with van der Waals surface area (Å²) in [6.45, 7) is 6.15. The van der Waals surface area contributed by atoms with Gasteiger partial charge >= 0.3 is 0 Å². The molecule has 2 saturated heterocycles. The van der Waals surface area contributed by atoms with E-state index in [9.17, 15) is 0 Å². The van der Waals surface area contributed by atoms with Crippen LogP contribution in [-0.4, -0.2) is 48.1 Å². The van der Waals surface area contributed by atoms with Gasteiger partial charge in [0.2, 0.25) is 0 Å². The number of thioether (sulfide) groups is 1. The van der Waals surface area contributed by atoms with Crippen LogP contribution in [0, 0.1) is 0 Å². The Hall–Kier alpha value is 0.270. The van der Waals surface area contributed by atoms with Crippen molar-refractivity contribution >= 4 is 11.8 Å². The van der Waals surface area contributed by atoms with Crippen molar-refractivity contribution in [3.05, 3.63) is 0 Å². The summed E-state index contributed by atoms with van der Waals surface area (Å²) < 4.78 is 0. The van der Waals surface area contributed by atoms with Gasteiger partial charge < -0.3 is 5.32 Å². The number of piperidine rings is 1. The first-order valence-electron chi connectivity index (χ1n) is 5.80. The van der Waals surface area contributed by atoms with Crippen LogP contribution in [-0.2, 0) is 0 Å². The number of rotatable bonds is 2. The van der Waals surface area contributed by atoms with E-state index in [0.717, 1.165) is 17.3 Å². The smallest absolute Gasteiger partial charge is 0.0221 e. The molecule has 1 N–H and O–H groups in total. The summed E-state index contributed by atoms with van der Waals surface area (Å²) in [5.41, 5.74) is 0. The topological polar surface area (TPSA) is 15.3 Å². The fourth-order valence-electron chi connectivity index (χ4n) is 2.57. The molecule has 2 fully saturated rings. The Morgan fingerprint density at radius 3 is 2.71 bits per heavy atom. The van der Waals surface area contributed by atoms with Gasteiger partial charge in [0.15, 0.2) is 0 Å². The average Bonchev–Trinajstić information content (AvgIpc) is 2.67. The summed E-state index contributed by atoms with van der Waals surface area (Å²) >= 11 is 2.04. The quantitative estimate of drug-likeness (QED) is 0.751. The highest BCUT2D eigenvalue weighted by molar-refractivity contribution is 7.99. The molecule has 14 heavy (non-hydrogen) atoms. The van der Waals surface area contributed by atoms with Gasteiger partial charge in [0.1, 0.15) is 0 Å². The molecule has 3 heteroatoms. The summed E-state index contributed by atoms with van der Waals surface area (Å²) in [4.78, 5) is 2.69. The molecule has 0 spiro atoms. The fourth-order valence-corrected chi connectivity index (χ4v) is 3.26. The van der Waals surface area contributed by atoms with Gasteiger partial charge in [0, 0.05) is 30.4 Å². The summed E-state index contributed by atoms with van der Waals surface area (Å²) in [6, 6.07) is 1.56. The molecule has 3 unspecified atom stereocenters. The molecule has 2 aliphatic rings. The van der Waals surface area contributed by atoms with Gasteiger partial charge in [-0.1, -0.05) is 0 Å². The molecule has 2 nitrogen and oxygen atoms in total. The minimum atomic E-state index is 0.741. The lowest BCUT2D eigenvalue weighted by molar-refractivity contribution is 0.187. The van der Waals surface area contributed by atoms with Crippen molar-refractivity contribution in [2.24, 2.45) is 0 Å². The summed E-state index contributed by atoms with van der Waals surface area (Å²) in [6.07, 6.45) is 6.39. The third-order valence-electron chi connectivity index (χ3n) is 3.66. The molecule has 2 heterocycles. The first kappa shape index (κ1) is 10.8. The van der Waals surface area contributed by atoms with E-state index in [1.54, 1.807) is 0 Å². The van der Waals surface area contributed by atoms with E-state index in [-0.39, 0.29) is 0 Å². The van der Waals surface area contributed by atoms with Crippen molar-refractivity contribution in [2.75, 3.05) is 25.9 Å². The van der Waals surface area contributed by atoms with E-state index in [1.165, 1.54) is 38.9 Å². The first-order chi connectivity index (χ1) is 6.79. The van der Waals surface area contributed by atoms with E-state index in [0.29, 0.717) is 0 Å². The minimum absolute atomic E-state index is 0.741. The molecule has 0 saturated carbocycles. The van der Waals surface area contributed by atoms with Gasteiger partial charge in [-0.2, -0.15) is 11.8 Å². The largest absolute Gasteiger partial charge is 0.313 e. The Bertz CT molecular complexity index is 178. The molecule has 2 aliphatic heterocycles. The highest BCUT2D eigenvalue weighted by Gasteiger charge is 2.29. The van der Waals surface area contributed by atoms with Crippen LogP contribution in [0.4, 0.5) is 0 Å². The number of hydrogen-bond donors (Lipinski definition) is 1. The third kappa shape index (κ3) is 2.44. The second kappa shape index (κ2) is 4.86. The van der Waals surface area contributed by atoms with Crippen LogP contribution in [0.1, 0.15) is 26.2 Å². The Morgan fingerprint density at radius 2 is 2.14 bits per heavy atom. The maximum atomic E-state index is 3.59. The van der Waals surface area contributed by atoms with E-state index >= 15 is 0 Å². The van der Waals surface area contributed by atoms with Crippen LogP contribution in [0.5, 0.6) is 0 Å². The van der Waals surface area contributed by atoms with Crippen molar-refractivity contribution in [2.45, 2.75) is 43.5 Å². The second-order valence-electron chi connectivity index (χ2n) is 4.68. The zero-order valence-electron chi connectivity index (χ0n) is 9.33. The predicted molar refractivity (Wildman–Crippen MR) is 64.0 cm³/mol. The zero-order chi connectivity index (χ0) is 9.97. The molecule has 0 aromatic carbocycles. The Kier molecular flexibility index (Phi) is 3.74. The lowest BCUT2D eigenvalue weighted by Crippen LogP contribution is -2.48. The zero-order valence-corrected chi connectivity index (χ0v) is 10.1. The van der Waals surface area contributed by atoms with Gasteiger partial charge in [0.05, 0.1) is 0 Å². The average molecular weight is 214 g/mol. The summed E-state index contributed by atoms with van der Waals surface area (Å²) in [5.74, 6) is 0. The second-order valence-corrected chi connectivity index (χ2v) is 5.82. The standard InChI is InChI=1S/C11H22N2S/c1-9-3-4-10(7-12-9)13-6-5-11(8-13)14-2/h9-12H,3-8H2,1-2H3. The van der Waals surface area contributed by atoms with E-state index in [1.807, 2.05) is 11.8 Å². The maximum absolute atomic E-state index is 3.59. The van der Waals surface area contributed by atoms with E-state index in [4.69, 9.17) is 0 Å². The predicted octanol–water partition coefficient (Wildman–Crippen LogP) is 1.56. The van der Waals surface area contributed by atoms with Crippen molar-refractivity contribution < 1.29 is 0 Å². The Balaban J connectivity index is 1.79.